The van der Waals surface area contributed by atoms with Gasteiger partial charge in [0.25, 0.3) is 0 Å². The SMILES string of the molecule is CN1CC(N2CC(C(=O)NCc3ncc[nH]3)CC2=O)C1. The van der Waals surface area contributed by atoms with Crippen LogP contribution in [-0.2, 0) is 16.1 Å². The van der Waals surface area contributed by atoms with Crippen molar-refractivity contribution in [1.82, 2.24) is 25.1 Å². The quantitative estimate of drug-likeness (QED) is 0.754. The predicted octanol–water partition coefficient (Wildman–Crippen LogP) is -0.812. The first kappa shape index (κ1) is 13.1. The minimum atomic E-state index is -0.233. The van der Waals surface area contributed by atoms with E-state index in [9.17, 15) is 9.59 Å². The fraction of sp³-hybridized carbons (Fsp3) is 0.615. The molecule has 0 aliphatic carbocycles. The van der Waals surface area contributed by atoms with Crippen molar-refractivity contribution in [2.24, 2.45) is 5.92 Å². The standard InChI is InChI=1S/C13H19N5O2/c1-17-7-10(8-17)18-6-9(4-12(18)19)13(20)16-5-11-14-2-3-15-11/h2-3,9-10H,4-8H2,1H3,(H,14,15)(H,16,20). The number of rotatable bonds is 4. The first-order chi connectivity index (χ1) is 9.63. The lowest BCUT2D eigenvalue weighted by Gasteiger charge is -2.42. The number of nitrogens with one attached hydrogen (secondary N) is 2. The number of imidazole rings is 1. The topological polar surface area (TPSA) is 81.3 Å². The number of aromatic amines is 1. The van der Waals surface area contributed by atoms with E-state index in [-0.39, 0.29) is 23.8 Å². The highest BCUT2D eigenvalue weighted by Crippen LogP contribution is 2.24. The maximum Gasteiger partial charge on any atom is 0.225 e. The van der Waals surface area contributed by atoms with Gasteiger partial charge >= 0.3 is 0 Å². The third-order valence-electron chi connectivity index (χ3n) is 4.00. The molecule has 2 fully saturated rings. The fourth-order valence-corrected chi connectivity index (χ4v) is 2.83. The average Bonchev–Trinajstić information content (AvgIpc) is 3.01. The van der Waals surface area contributed by atoms with Gasteiger partial charge in [-0.15, -0.1) is 0 Å². The fourth-order valence-electron chi connectivity index (χ4n) is 2.83. The number of carbonyl (C=O) groups excluding carboxylic acids is 2. The van der Waals surface area contributed by atoms with Crippen LogP contribution in [0.2, 0.25) is 0 Å². The van der Waals surface area contributed by atoms with Gasteiger partial charge in [0.1, 0.15) is 5.82 Å². The van der Waals surface area contributed by atoms with Crippen LogP contribution in [0.1, 0.15) is 12.2 Å². The molecule has 0 aromatic carbocycles. The molecule has 1 unspecified atom stereocenters. The number of carbonyl (C=O) groups is 2. The van der Waals surface area contributed by atoms with Crippen LogP contribution in [0, 0.1) is 5.92 Å². The molecule has 1 aromatic heterocycles. The zero-order chi connectivity index (χ0) is 14.1. The Kier molecular flexibility index (Phi) is 3.43. The molecule has 3 rings (SSSR count). The number of likely N-dealkylation sites (tertiary alicyclic amines) is 2. The van der Waals surface area contributed by atoms with Crippen LogP contribution in [0.3, 0.4) is 0 Å². The Hall–Kier alpha value is -1.89. The molecule has 2 amide bonds. The van der Waals surface area contributed by atoms with Gasteiger partial charge in [-0.05, 0) is 7.05 Å². The summed E-state index contributed by atoms with van der Waals surface area (Å²) >= 11 is 0. The molecular weight excluding hydrogens is 258 g/mol. The zero-order valence-electron chi connectivity index (χ0n) is 11.5. The highest BCUT2D eigenvalue weighted by atomic mass is 16.2. The van der Waals surface area contributed by atoms with E-state index in [2.05, 4.69) is 20.2 Å². The third-order valence-corrected chi connectivity index (χ3v) is 4.00. The molecule has 1 aromatic rings. The molecule has 0 radical (unpaired) electrons. The Bertz CT molecular complexity index is 495. The second kappa shape index (κ2) is 5.24. The Labute approximate surface area is 117 Å². The largest absolute Gasteiger partial charge is 0.349 e. The lowest BCUT2D eigenvalue weighted by molar-refractivity contribution is -0.132. The van der Waals surface area contributed by atoms with E-state index in [4.69, 9.17) is 0 Å². The Balaban J connectivity index is 1.50. The lowest BCUT2D eigenvalue weighted by atomic mass is 10.1. The van der Waals surface area contributed by atoms with Crippen molar-refractivity contribution >= 4 is 11.8 Å². The van der Waals surface area contributed by atoms with Gasteiger partial charge in [-0.25, -0.2) is 4.98 Å². The molecule has 108 valence electrons. The molecule has 2 N–H and O–H groups in total. The Morgan fingerprint density at radius 3 is 2.95 bits per heavy atom. The van der Waals surface area contributed by atoms with Gasteiger partial charge in [0.15, 0.2) is 0 Å². The van der Waals surface area contributed by atoms with Crippen LogP contribution >= 0.6 is 0 Å². The summed E-state index contributed by atoms with van der Waals surface area (Å²) in [7, 11) is 2.03. The molecule has 0 spiro atoms. The van der Waals surface area contributed by atoms with Gasteiger partial charge in [0.05, 0.1) is 18.5 Å². The minimum Gasteiger partial charge on any atom is -0.349 e. The minimum absolute atomic E-state index is 0.0649. The van der Waals surface area contributed by atoms with E-state index in [0.29, 0.717) is 19.5 Å². The number of H-pyrrole nitrogens is 1. The second-order valence-corrected chi connectivity index (χ2v) is 5.58. The summed E-state index contributed by atoms with van der Waals surface area (Å²) < 4.78 is 0. The van der Waals surface area contributed by atoms with Gasteiger partial charge in [-0.2, -0.15) is 0 Å². The second-order valence-electron chi connectivity index (χ2n) is 5.58. The van der Waals surface area contributed by atoms with E-state index in [1.54, 1.807) is 12.4 Å². The van der Waals surface area contributed by atoms with Crippen LogP contribution in [0.15, 0.2) is 12.4 Å². The van der Waals surface area contributed by atoms with Gasteiger partial charge in [-0.1, -0.05) is 0 Å². The molecule has 1 atom stereocenters. The molecule has 2 saturated heterocycles. The summed E-state index contributed by atoms with van der Waals surface area (Å²) in [4.78, 5) is 35.1. The van der Waals surface area contributed by atoms with Gasteiger partial charge < -0.3 is 20.1 Å². The molecule has 0 bridgehead atoms. The molecule has 2 aliphatic heterocycles. The molecule has 3 heterocycles. The van der Waals surface area contributed by atoms with Crippen molar-refractivity contribution in [2.45, 2.75) is 19.0 Å². The number of likely N-dealkylation sites (N-methyl/N-ethyl adjacent to an activating group) is 1. The highest BCUT2D eigenvalue weighted by Gasteiger charge is 2.41. The van der Waals surface area contributed by atoms with Crippen LogP contribution in [0.25, 0.3) is 0 Å². The Morgan fingerprint density at radius 2 is 2.30 bits per heavy atom. The third kappa shape index (κ3) is 2.53. The summed E-state index contributed by atoms with van der Waals surface area (Å²) in [6, 6.07) is 0.287. The maximum atomic E-state index is 12.1. The van der Waals surface area contributed by atoms with Crippen molar-refractivity contribution in [3.8, 4) is 0 Å². The van der Waals surface area contributed by atoms with Crippen LogP contribution in [0.5, 0.6) is 0 Å². The normalized spacial score (nSPS) is 23.9. The van der Waals surface area contributed by atoms with Crippen LogP contribution in [0.4, 0.5) is 0 Å². The van der Waals surface area contributed by atoms with E-state index in [0.717, 1.165) is 18.9 Å². The van der Waals surface area contributed by atoms with E-state index in [1.807, 2.05) is 11.9 Å². The predicted molar refractivity (Wildman–Crippen MR) is 71.5 cm³/mol. The van der Waals surface area contributed by atoms with Gasteiger partial charge in [-0.3, -0.25) is 9.59 Å². The maximum absolute atomic E-state index is 12.1. The number of hydrogen-bond donors (Lipinski definition) is 2. The summed E-state index contributed by atoms with van der Waals surface area (Å²) in [6.45, 7) is 2.74. The molecule has 2 aliphatic rings. The first-order valence-electron chi connectivity index (χ1n) is 6.87. The van der Waals surface area contributed by atoms with E-state index in [1.165, 1.54) is 0 Å². The highest BCUT2D eigenvalue weighted by molar-refractivity contribution is 5.89. The number of nitrogens with zero attached hydrogens (tertiary/aromatic N) is 3. The first-order valence-corrected chi connectivity index (χ1v) is 6.87. The smallest absolute Gasteiger partial charge is 0.225 e. The van der Waals surface area contributed by atoms with Gasteiger partial charge in [0, 0.05) is 38.4 Å². The van der Waals surface area contributed by atoms with Crippen molar-refractivity contribution in [3.63, 3.8) is 0 Å². The van der Waals surface area contributed by atoms with Crippen LogP contribution in [-0.4, -0.2) is 64.3 Å². The lowest BCUT2D eigenvalue weighted by Crippen LogP contribution is -2.58. The number of amides is 2. The van der Waals surface area contributed by atoms with E-state index < -0.39 is 0 Å². The van der Waals surface area contributed by atoms with Crippen molar-refractivity contribution in [1.29, 1.82) is 0 Å². The summed E-state index contributed by atoms with van der Waals surface area (Å²) in [5.41, 5.74) is 0. The molecule has 0 saturated carbocycles. The number of aromatic nitrogens is 2. The van der Waals surface area contributed by atoms with Crippen molar-refractivity contribution < 1.29 is 9.59 Å². The van der Waals surface area contributed by atoms with Crippen LogP contribution < -0.4 is 5.32 Å². The van der Waals surface area contributed by atoms with Crippen molar-refractivity contribution in [3.05, 3.63) is 18.2 Å². The summed E-state index contributed by atoms with van der Waals surface area (Å²) in [6.07, 6.45) is 3.69. The number of hydrogen-bond acceptors (Lipinski definition) is 4. The van der Waals surface area contributed by atoms with E-state index >= 15 is 0 Å². The summed E-state index contributed by atoms with van der Waals surface area (Å²) in [5, 5.41) is 2.83. The monoisotopic (exact) mass is 277 g/mol. The molecule has 20 heavy (non-hydrogen) atoms. The Morgan fingerprint density at radius 1 is 1.50 bits per heavy atom. The average molecular weight is 277 g/mol. The van der Waals surface area contributed by atoms with Crippen molar-refractivity contribution in [2.75, 3.05) is 26.7 Å². The van der Waals surface area contributed by atoms with Gasteiger partial charge in [0.2, 0.25) is 11.8 Å². The molecular formula is C13H19N5O2. The zero-order valence-corrected chi connectivity index (χ0v) is 11.5. The molecule has 7 heteroatoms. The molecule has 7 nitrogen and oxygen atoms in total. The summed E-state index contributed by atoms with van der Waals surface area (Å²) in [5.74, 6) is 0.523.